The molecule has 1 fully saturated rings. The highest BCUT2D eigenvalue weighted by Gasteiger charge is 2.30. The standard InChI is InChI=1S/C17H22N4O4S/c1-13-15(16(22)19(3)17(23)18(13)2)20-9-11-21(12-10-20)26(24,25)14-7-5-4-6-8-14/h4-8H,9-12H2,1-3H3. The zero-order valence-corrected chi connectivity index (χ0v) is 15.9. The lowest BCUT2D eigenvalue weighted by molar-refractivity contribution is 0.383. The minimum absolute atomic E-state index is 0.266. The fraction of sp³-hybridized carbons (Fsp3) is 0.412. The first-order chi connectivity index (χ1) is 12.2. The maximum atomic E-state index is 12.7. The molecule has 0 radical (unpaired) electrons. The summed E-state index contributed by atoms with van der Waals surface area (Å²) < 4.78 is 29.4. The fourth-order valence-electron chi connectivity index (χ4n) is 3.19. The smallest absolute Gasteiger partial charge is 0.330 e. The van der Waals surface area contributed by atoms with Crippen molar-refractivity contribution in [1.82, 2.24) is 13.4 Å². The third-order valence-corrected chi connectivity index (χ3v) is 6.78. The topological polar surface area (TPSA) is 84.6 Å². The van der Waals surface area contributed by atoms with Crippen LogP contribution in [-0.2, 0) is 24.1 Å². The molecule has 8 nitrogen and oxygen atoms in total. The summed E-state index contributed by atoms with van der Waals surface area (Å²) in [5.41, 5.74) is 0.301. The minimum Gasteiger partial charge on any atom is -0.363 e. The predicted molar refractivity (Wildman–Crippen MR) is 99.1 cm³/mol. The van der Waals surface area contributed by atoms with Gasteiger partial charge in [-0.25, -0.2) is 13.2 Å². The maximum absolute atomic E-state index is 12.7. The molecule has 0 amide bonds. The summed E-state index contributed by atoms with van der Waals surface area (Å²) in [4.78, 5) is 26.7. The van der Waals surface area contributed by atoms with Crippen LogP contribution in [0.3, 0.4) is 0 Å². The van der Waals surface area contributed by atoms with Gasteiger partial charge in [0.15, 0.2) is 0 Å². The summed E-state index contributed by atoms with van der Waals surface area (Å²) in [5, 5.41) is 0. The number of benzene rings is 1. The lowest BCUT2D eigenvalue weighted by Crippen LogP contribution is -2.51. The van der Waals surface area contributed by atoms with Crippen LogP contribution in [0.15, 0.2) is 44.8 Å². The zero-order valence-electron chi connectivity index (χ0n) is 15.0. The van der Waals surface area contributed by atoms with Crippen molar-refractivity contribution in [3.8, 4) is 0 Å². The number of nitrogens with zero attached hydrogens (tertiary/aromatic N) is 4. The average Bonchev–Trinajstić information content (AvgIpc) is 2.66. The van der Waals surface area contributed by atoms with Crippen LogP contribution in [0.25, 0.3) is 0 Å². The van der Waals surface area contributed by atoms with E-state index >= 15 is 0 Å². The van der Waals surface area contributed by atoms with Crippen LogP contribution in [0.2, 0.25) is 0 Å². The van der Waals surface area contributed by atoms with Gasteiger partial charge in [0.1, 0.15) is 5.69 Å². The van der Waals surface area contributed by atoms with Gasteiger partial charge in [-0.15, -0.1) is 0 Å². The molecule has 0 aliphatic carbocycles. The molecule has 2 aromatic rings. The number of rotatable bonds is 3. The molecular formula is C17H22N4O4S. The summed E-state index contributed by atoms with van der Waals surface area (Å²) in [6.07, 6.45) is 0. The summed E-state index contributed by atoms with van der Waals surface area (Å²) >= 11 is 0. The van der Waals surface area contributed by atoms with Crippen LogP contribution in [-0.4, -0.2) is 48.0 Å². The second-order valence-electron chi connectivity index (χ2n) is 6.34. The molecule has 0 bridgehead atoms. The van der Waals surface area contributed by atoms with Crippen molar-refractivity contribution in [3.05, 3.63) is 56.9 Å². The number of anilines is 1. The lowest BCUT2D eigenvalue weighted by Gasteiger charge is -2.35. The Kier molecular flexibility index (Phi) is 4.76. The van der Waals surface area contributed by atoms with Crippen LogP contribution in [0, 0.1) is 6.92 Å². The first-order valence-corrected chi connectivity index (χ1v) is 9.76. The van der Waals surface area contributed by atoms with Gasteiger partial charge in [0.05, 0.1) is 4.90 Å². The van der Waals surface area contributed by atoms with Gasteiger partial charge in [0.2, 0.25) is 10.0 Å². The van der Waals surface area contributed by atoms with E-state index in [2.05, 4.69) is 0 Å². The molecule has 9 heteroatoms. The SMILES string of the molecule is Cc1c(N2CCN(S(=O)(=O)c3ccccc3)CC2)c(=O)n(C)c(=O)n1C. The average molecular weight is 378 g/mol. The number of hydrogen-bond donors (Lipinski definition) is 0. The first kappa shape index (κ1) is 18.4. The molecule has 1 saturated heterocycles. The van der Waals surface area contributed by atoms with Gasteiger partial charge in [0, 0.05) is 46.0 Å². The predicted octanol–water partition coefficient (Wildman–Crippen LogP) is -0.0967. The third kappa shape index (κ3) is 2.97. The molecule has 3 rings (SSSR count). The quantitative estimate of drug-likeness (QED) is 0.745. The first-order valence-electron chi connectivity index (χ1n) is 8.32. The molecule has 1 aliphatic heterocycles. The van der Waals surface area contributed by atoms with Crippen LogP contribution in [0.1, 0.15) is 5.69 Å². The lowest BCUT2D eigenvalue weighted by atomic mass is 10.2. The Bertz CT molecular complexity index is 1030. The number of piperazine rings is 1. The van der Waals surface area contributed by atoms with Crippen molar-refractivity contribution in [2.45, 2.75) is 11.8 Å². The van der Waals surface area contributed by atoms with Gasteiger partial charge in [0.25, 0.3) is 5.56 Å². The van der Waals surface area contributed by atoms with Crippen molar-refractivity contribution < 1.29 is 8.42 Å². The number of aromatic nitrogens is 2. The largest absolute Gasteiger partial charge is 0.363 e. The normalized spacial score (nSPS) is 16.0. The molecule has 0 atom stereocenters. The third-order valence-electron chi connectivity index (χ3n) is 4.86. The Hall–Kier alpha value is -2.39. The molecule has 0 unspecified atom stereocenters. The molecule has 2 heterocycles. The van der Waals surface area contributed by atoms with Gasteiger partial charge in [-0.1, -0.05) is 18.2 Å². The van der Waals surface area contributed by atoms with Gasteiger partial charge in [-0.05, 0) is 19.1 Å². The fourth-order valence-corrected chi connectivity index (χ4v) is 4.63. The van der Waals surface area contributed by atoms with Crippen LogP contribution in [0.4, 0.5) is 5.69 Å². The maximum Gasteiger partial charge on any atom is 0.330 e. The summed E-state index contributed by atoms with van der Waals surface area (Å²) in [7, 11) is -0.473. The molecule has 26 heavy (non-hydrogen) atoms. The van der Waals surface area contributed by atoms with E-state index in [9.17, 15) is 18.0 Å². The van der Waals surface area contributed by atoms with E-state index in [1.165, 1.54) is 15.9 Å². The number of sulfonamides is 1. The van der Waals surface area contributed by atoms with E-state index in [-0.39, 0.29) is 29.2 Å². The Balaban J connectivity index is 1.87. The van der Waals surface area contributed by atoms with Gasteiger partial charge in [-0.3, -0.25) is 13.9 Å². The summed E-state index contributed by atoms with van der Waals surface area (Å²) in [5.74, 6) is 0. The van der Waals surface area contributed by atoms with Crippen LogP contribution >= 0.6 is 0 Å². The molecule has 1 aromatic carbocycles. The highest BCUT2D eigenvalue weighted by Crippen LogP contribution is 2.20. The Morgan fingerprint density at radius 2 is 1.46 bits per heavy atom. The van der Waals surface area contributed by atoms with E-state index in [0.29, 0.717) is 24.5 Å². The Labute approximate surface area is 151 Å². The van der Waals surface area contributed by atoms with E-state index in [1.807, 2.05) is 4.90 Å². The van der Waals surface area contributed by atoms with Crippen molar-refractivity contribution in [3.63, 3.8) is 0 Å². The molecule has 0 saturated carbocycles. The second-order valence-corrected chi connectivity index (χ2v) is 8.28. The van der Waals surface area contributed by atoms with E-state index in [1.54, 1.807) is 44.3 Å². The van der Waals surface area contributed by atoms with Crippen LogP contribution in [0.5, 0.6) is 0 Å². The van der Waals surface area contributed by atoms with E-state index in [0.717, 1.165) is 4.57 Å². The van der Waals surface area contributed by atoms with E-state index in [4.69, 9.17) is 0 Å². The molecule has 140 valence electrons. The van der Waals surface area contributed by atoms with Crippen molar-refractivity contribution >= 4 is 15.7 Å². The van der Waals surface area contributed by atoms with Gasteiger partial charge in [-0.2, -0.15) is 4.31 Å². The van der Waals surface area contributed by atoms with Crippen molar-refractivity contribution in [1.29, 1.82) is 0 Å². The highest BCUT2D eigenvalue weighted by molar-refractivity contribution is 7.89. The second kappa shape index (κ2) is 6.73. The zero-order chi connectivity index (χ0) is 19.1. The summed E-state index contributed by atoms with van der Waals surface area (Å²) in [6.45, 7) is 3.07. The minimum atomic E-state index is -3.54. The Morgan fingerprint density at radius 1 is 0.885 bits per heavy atom. The summed E-state index contributed by atoms with van der Waals surface area (Å²) in [6, 6.07) is 8.32. The molecule has 1 aromatic heterocycles. The number of hydrogen-bond acceptors (Lipinski definition) is 5. The monoisotopic (exact) mass is 378 g/mol. The van der Waals surface area contributed by atoms with Gasteiger partial charge < -0.3 is 4.90 Å². The molecular weight excluding hydrogens is 356 g/mol. The van der Waals surface area contributed by atoms with E-state index < -0.39 is 10.0 Å². The molecule has 0 N–H and O–H groups in total. The highest BCUT2D eigenvalue weighted by atomic mass is 32.2. The van der Waals surface area contributed by atoms with Crippen molar-refractivity contribution in [2.24, 2.45) is 14.1 Å². The van der Waals surface area contributed by atoms with Gasteiger partial charge >= 0.3 is 5.69 Å². The molecule has 0 spiro atoms. The Morgan fingerprint density at radius 3 is 2.04 bits per heavy atom. The van der Waals surface area contributed by atoms with Crippen molar-refractivity contribution in [2.75, 3.05) is 31.1 Å². The molecule has 1 aliphatic rings. The van der Waals surface area contributed by atoms with Crippen LogP contribution < -0.4 is 16.1 Å².